The van der Waals surface area contributed by atoms with Crippen LogP contribution >= 0.6 is 0 Å². The first-order valence-electron chi connectivity index (χ1n) is 7.00. The zero-order chi connectivity index (χ0) is 13.9. The largest absolute Gasteiger partial charge is 0.494 e. The smallest absolute Gasteiger partial charge is 0.159 e. The summed E-state index contributed by atoms with van der Waals surface area (Å²) in [6, 6.07) is 7.96. The molecule has 0 spiro atoms. The van der Waals surface area contributed by atoms with E-state index in [0.717, 1.165) is 24.4 Å². The topological polar surface area (TPSA) is 39.7 Å². The highest BCUT2D eigenvalue weighted by Crippen LogP contribution is 2.17. The number of benzene rings is 1. The van der Waals surface area contributed by atoms with E-state index in [1.165, 1.54) is 0 Å². The third kappa shape index (κ3) is 6.45. The van der Waals surface area contributed by atoms with Crippen LogP contribution in [0.2, 0.25) is 0 Å². The molecule has 0 aromatic heterocycles. The van der Waals surface area contributed by atoms with Crippen molar-refractivity contribution in [2.45, 2.75) is 33.5 Å². The van der Waals surface area contributed by atoms with E-state index < -0.39 is 0 Å². The highest BCUT2D eigenvalue weighted by atomic mass is 16.7. The molecule has 1 aromatic carbocycles. The molecular weight excluding hydrogens is 242 g/mol. The average molecular weight is 267 g/mol. The van der Waals surface area contributed by atoms with Gasteiger partial charge in [-0.05, 0) is 32.9 Å². The molecule has 0 saturated heterocycles. The molecule has 0 aliphatic heterocycles. The van der Waals surface area contributed by atoms with Crippen molar-refractivity contribution in [2.24, 2.45) is 0 Å². The van der Waals surface area contributed by atoms with Gasteiger partial charge in [-0.1, -0.05) is 6.07 Å². The van der Waals surface area contributed by atoms with Gasteiger partial charge in [0.2, 0.25) is 0 Å². The van der Waals surface area contributed by atoms with E-state index in [2.05, 4.69) is 5.32 Å². The summed E-state index contributed by atoms with van der Waals surface area (Å²) in [5.41, 5.74) is 1.05. The van der Waals surface area contributed by atoms with Crippen molar-refractivity contribution in [3.05, 3.63) is 24.3 Å². The molecule has 1 aromatic rings. The zero-order valence-corrected chi connectivity index (χ0v) is 12.1. The van der Waals surface area contributed by atoms with Crippen LogP contribution in [0, 0.1) is 0 Å². The lowest BCUT2D eigenvalue weighted by atomic mass is 10.3. The third-order valence-corrected chi connectivity index (χ3v) is 2.56. The van der Waals surface area contributed by atoms with Gasteiger partial charge in [0.1, 0.15) is 5.75 Å². The second kappa shape index (κ2) is 9.64. The Bertz CT molecular complexity index is 338. The number of ether oxygens (including phenoxy) is 3. The first-order chi connectivity index (χ1) is 9.30. The summed E-state index contributed by atoms with van der Waals surface area (Å²) >= 11 is 0. The van der Waals surface area contributed by atoms with Crippen LogP contribution in [0.1, 0.15) is 27.2 Å². The van der Waals surface area contributed by atoms with Crippen LogP contribution in [0.4, 0.5) is 5.69 Å². The third-order valence-electron chi connectivity index (χ3n) is 2.56. The van der Waals surface area contributed by atoms with Crippen LogP contribution in [-0.2, 0) is 9.47 Å². The first kappa shape index (κ1) is 15.8. The summed E-state index contributed by atoms with van der Waals surface area (Å²) in [4.78, 5) is 0. The van der Waals surface area contributed by atoms with Crippen LogP contribution in [0.25, 0.3) is 0 Å². The molecule has 4 heteroatoms. The minimum atomic E-state index is -0.127. The highest BCUT2D eigenvalue weighted by Gasteiger charge is 2.07. The van der Waals surface area contributed by atoms with E-state index in [-0.39, 0.29) is 6.29 Å². The number of hydrogen-bond donors (Lipinski definition) is 1. The van der Waals surface area contributed by atoms with Gasteiger partial charge in [-0.25, -0.2) is 0 Å². The summed E-state index contributed by atoms with van der Waals surface area (Å²) in [7, 11) is 0. The standard InChI is InChI=1S/C15H25NO3/c1-4-17-14-9-7-8-13(12-14)16-11-10-15(18-5-2)19-6-3/h7-9,12,15-16H,4-6,10-11H2,1-3H3. The Kier molecular flexibility index (Phi) is 8.02. The highest BCUT2D eigenvalue weighted by molar-refractivity contribution is 5.48. The molecule has 1 N–H and O–H groups in total. The number of anilines is 1. The minimum absolute atomic E-state index is 0.127. The van der Waals surface area contributed by atoms with Crippen LogP contribution in [0.15, 0.2) is 24.3 Å². The van der Waals surface area contributed by atoms with E-state index >= 15 is 0 Å². The number of hydrogen-bond acceptors (Lipinski definition) is 4. The molecule has 0 aliphatic carbocycles. The van der Waals surface area contributed by atoms with E-state index in [4.69, 9.17) is 14.2 Å². The van der Waals surface area contributed by atoms with Gasteiger partial charge in [-0.15, -0.1) is 0 Å². The molecule has 0 atom stereocenters. The van der Waals surface area contributed by atoms with Crippen LogP contribution in [0.3, 0.4) is 0 Å². The second-order valence-electron chi connectivity index (χ2n) is 4.02. The predicted octanol–water partition coefficient (Wildman–Crippen LogP) is 3.29. The molecule has 0 amide bonds. The fraction of sp³-hybridized carbons (Fsp3) is 0.600. The lowest BCUT2D eigenvalue weighted by molar-refractivity contribution is -0.137. The molecule has 19 heavy (non-hydrogen) atoms. The summed E-state index contributed by atoms with van der Waals surface area (Å²) in [6.07, 6.45) is 0.693. The fourth-order valence-electron chi connectivity index (χ4n) is 1.78. The SMILES string of the molecule is CCOc1cccc(NCCC(OCC)OCC)c1. The maximum Gasteiger partial charge on any atom is 0.159 e. The fourth-order valence-corrected chi connectivity index (χ4v) is 1.78. The normalized spacial score (nSPS) is 10.7. The summed E-state index contributed by atoms with van der Waals surface area (Å²) in [5.74, 6) is 0.888. The van der Waals surface area contributed by atoms with Crippen molar-refractivity contribution in [1.29, 1.82) is 0 Å². The molecule has 0 unspecified atom stereocenters. The van der Waals surface area contributed by atoms with Crippen molar-refractivity contribution < 1.29 is 14.2 Å². The van der Waals surface area contributed by atoms with Gasteiger partial charge in [0.25, 0.3) is 0 Å². The quantitative estimate of drug-likeness (QED) is 0.660. The lowest BCUT2D eigenvalue weighted by Crippen LogP contribution is -2.21. The van der Waals surface area contributed by atoms with Crippen LogP contribution in [-0.4, -0.2) is 32.7 Å². The lowest BCUT2D eigenvalue weighted by Gasteiger charge is -2.17. The van der Waals surface area contributed by atoms with Crippen molar-refractivity contribution in [3.8, 4) is 5.75 Å². The van der Waals surface area contributed by atoms with Crippen molar-refractivity contribution >= 4 is 5.69 Å². The van der Waals surface area contributed by atoms with Gasteiger partial charge < -0.3 is 19.5 Å². The molecular formula is C15H25NO3. The van der Waals surface area contributed by atoms with Crippen LogP contribution < -0.4 is 10.1 Å². The van der Waals surface area contributed by atoms with Gasteiger partial charge in [0.05, 0.1) is 6.61 Å². The molecule has 0 heterocycles. The Labute approximate surface area is 116 Å². The van der Waals surface area contributed by atoms with Gasteiger partial charge >= 0.3 is 0 Å². The van der Waals surface area contributed by atoms with Gasteiger partial charge in [-0.3, -0.25) is 0 Å². The Morgan fingerprint density at radius 2 is 1.79 bits per heavy atom. The van der Waals surface area contributed by atoms with Gasteiger partial charge in [0, 0.05) is 37.9 Å². The maximum atomic E-state index is 5.50. The predicted molar refractivity (Wildman–Crippen MR) is 77.8 cm³/mol. The summed E-state index contributed by atoms with van der Waals surface area (Å²) < 4.78 is 16.5. The Balaban J connectivity index is 2.36. The Morgan fingerprint density at radius 1 is 1.05 bits per heavy atom. The summed E-state index contributed by atoms with van der Waals surface area (Å²) in [6.45, 7) is 8.76. The molecule has 108 valence electrons. The summed E-state index contributed by atoms with van der Waals surface area (Å²) in [5, 5.41) is 3.35. The zero-order valence-electron chi connectivity index (χ0n) is 12.1. The molecule has 0 bridgehead atoms. The molecule has 0 radical (unpaired) electrons. The monoisotopic (exact) mass is 267 g/mol. The van der Waals surface area contributed by atoms with Crippen molar-refractivity contribution in [1.82, 2.24) is 0 Å². The van der Waals surface area contributed by atoms with Gasteiger partial charge in [-0.2, -0.15) is 0 Å². The van der Waals surface area contributed by atoms with E-state index in [1.807, 2.05) is 45.0 Å². The number of nitrogens with one attached hydrogen (secondary N) is 1. The van der Waals surface area contributed by atoms with Crippen molar-refractivity contribution in [2.75, 3.05) is 31.7 Å². The molecule has 1 rings (SSSR count). The molecule has 4 nitrogen and oxygen atoms in total. The number of rotatable bonds is 10. The van der Waals surface area contributed by atoms with E-state index in [0.29, 0.717) is 19.8 Å². The van der Waals surface area contributed by atoms with E-state index in [1.54, 1.807) is 0 Å². The molecule has 0 saturated carbocycles. The average Bonchev–Trinajstić information content (AvgIpc) is 2.40. The second-order valence-corrected chi connectivity index (χ2v) is 4.02. The minimum Gasteiger partial charge on any atom is -0.494 e. The maximum absolute atomic E-state index is 5.50. The molecule has 0 fully saturated rings. The molecule has 0 aliphatic rings. The Morgan fingerprint density at radius 3 is 2.42 bits per heavy atom. The van der Waals surface area contributed by atoms with Crippen LogP contribution in [0.5, 0.6) is 5.75 Å². The van der Waals surface area contributed by atoms with Crippen molar-refractivity contribution in [3.63, 3.8) is 0 Å². The first-order valence-corrected chi connectivity index (χ1v) is 7.00. The Hall–Kier alpha value is -1.26. The van der Waals surface area contributed by atoms with E-state index in [9.17, 15) is 0 Å². The van der Waals surface area contributed by atoms with Gasteiger partial charge in [0.15, 0.2) is 6.29 Å².